The SMILES string of the molecule is CCC1CCCCN1c1nc2c(c(=O)[nH]1)C(c1cccc(OC)c1OC)C(C#N)C(=O)N2. The Balaban J connectivity index is 1.89. The van der Waals surface area contributed by atoms with Crippen molar-refractivity contribution in [1.82, 2.24) is 9.97 Å². The van der Waals surface area contributed by atoms with E-state index >= 15 is 0 Å². The number of anilines is 2. The molecule has 32 heavy (non-hydrogen) atoms. The van der Waals surface area contributed by atoms with Gasteiger partial charge in [0.1, 0.15) is 11.7 Å². The van der Waals surface area contributed by atoms with Crippen LogP contribution in [0.3, 0.4) is 0 Å². The first-order valence-corrected chi connectivity index (χ1v) is 10.9. The van der Waals surface area contributed by atoms with Gasteiger partial charge in [-0.25, -0.2) is 0 Å². The summed E-state index contributed by atoms with van der Waals surface area (Å²) in [7, 11) is 2.99. The second kappa shape index (κ2) is 8.91. The van der Waals surface area contributed by atoms with Gasteiger partial charge in [-0.15, -0.1) is 0 Å². The van der Waals surface area contributed by atoms with Crippen molar-refractivity contribution < 1.29 is 14.3 Å². The van der Waals surface area contributed by atoms with Gasteiger partial charge < -0.3 is 19.7 Å². The van der Waals surface area contributed by atoms with Crippen LogP contribution in [0, 0.1) is 17.2 Å². The molecule has 2 N–H and O–H groups in total. The minimum Gasteiger partial charge on any atom is -0.493 e. The van der Waals surface area contributed by atoms with Crippen LogP contribution in [-0.4, -0.2) is 42.7 Å². The first-order chi connectivity index (χ1) is 15.5. The predicted molar refractivity (Wildman–Crippen MR) is 119 cm³/mol. The van der Waals surface area contributed by atoms with Crippen molar-refractivity contribution in [1.29, 1.82) is 5.26 Å². The van der Waals surface area contributed by atoms with Crippen molar-refractivity contribution in [3.05, 3.63) is 39.7 Å². The van der Waals surface area contributed by atoms with Crippen LogP contribution in [0.4, 0.5) is 11.8 Å². The zero-order valence-corrected chi connectivity index (χ0v) is 18.5. The maximum absolute atomic E-state index is 13.4. The van der Waals surface area contributed by atoms with Gasteiger partial charge in [-0.3, -0.25) is 14.6 Å². The second-order valence-corrected chi connectivity index (χ2v) is 8.06. The number of methoxy groups -OCH3 is 2. The van der Waals surface area contributed by atoms with Crippen LogP contribution >= 0.6 is 0 Å². The molecule has 1 amide bonds. The van der Waals surface area contributed by atoms with Crippen molar-refractivity contribution >= 4 is 17.7 Å². The molecule has 2 aliphatic rings. The van der Waals surface area contributed by atoms with E-state index in [-0.39, 0.29) is 23.0 Å². The molecule has 0 spiro atoms. The molecular weight excluding hydrogens is 410 g/mol. The number of amides is 1. The molecular formula is C23H27N5O4. The van der Waals surface area contributed by atoms with E-state index in [1.165, 1.54) is 14.2 Å². The smallest absolute Gasteiger partial charge is 0.258 e. The fraction of sp³-hybridized carbons (Fsp3) is 0.478. The fourth-order valence-corrected chi connectivity index (χ4v) is 4.83. The second-order valence-electron chi connectivity index (χ2n) is 8.06. The normalized spacial score (nSPS) is 22.5. The van der Waals surface area contributed by atoms with Gasteiger partial charge in [0, 0.05) is 24.1 Å². The Morgan fingerprint density at radius 3 is 2.75 bits per heavy atom. The molecule has 1 saturated heterocycles. The molecule has 3 atom stereocenters. The van der Waals surface area contributed by atoms with Gasteiger partial charge in [0.2, 0.25) is 11.9 Å². The molecule has 0 saturated carbocycles. The molecule has 0 bridgehead atoms. The minimum atomic E-state index is -1.12. The van der Waals surface area contributed by atoms with Gasteiger partial charge in [0.15, 0.2) is 11.5 Å². The van der Waals surface area contributed by atoms with Crippen LogP contribution in [0.2, 0.25) is 0 Å². The van der Waals surface area contributed by atoms with E-state index in [0.717, 1.165) is 32.2 Å². The van der Waals surface area contributed by atoms with Crippen molar-refractivity contribution in [3.63, 3.8) is 0 Å². The van der Waals surface area contributed by atoms with Crippen molar-refractivity contribution in [2.45, 2.75) is 44.6 Å². The number of hydrogen-bond acceptors (Lipinski definition) is 7. The molecule has 2 aliphatic heterocycles. The Hall–Kier alpha value is -3.54. The van der Waals surface area contributed by atoms with E-state index in [1.807, 2.05) is 0 Å². The molecule has 1 aromatic carbocycles. The summed E-state index contributed by atoms with van der Waals surface area (Å²) >= 11 is 0. The van der Waals surface area contributed by atoms with Gasteiger partial charge in [0.05, 0.1) is 25.9 Å². The Kier molecular flexibility index (Phi) is 6.04. The summed E-state index contributed by atoms with van der Waals surface area (Å²) in [5.41, 5.74) is 0.399. The standard InChI is InChI=1S/C23H27N5O4/c1-4-13-8-5-6-11-28(13)23-26-20-18(22(30)27-23)17(15(12-24)21(29)25-20)14-9-7-10-16(31-2)19(14)32-3/h7,9-10,13,15,17H,4-6,8,11H2,1-3H3,(H2,25,26,27,29,30). The molecule has 9 heteroatoms. The number of nitrogens with zero attached hydrogens (tertiary/aromatic N) is 3. The Morgan fingerprint density at radius 2 is 2.06 bits per heavy atom. The number of carbonyl (C=O) groups excluding carboxylic acids is 1. The van der Waals surface area contributed by atoms with Crippen molar-refractivity contribution in [3.8, 4) is 17.6 Å². The number of hydrogen-bond donors (Lipinski definition) is 2. The average molecular weight is 438 g/mol. The zero-order chi connectivity index (χ0) is 22.8. The number of ether oxygens (including phenoxy) is 2. The molecule has 0 radical (unpaired) electrons. The monoisotopic (exact) mass is 437 g/mol. The third-order valence-corrected chi connectivity index (χ3v) is 6.39. The highest BCUT2D eigenvalue weighted by molar-refractivity contribution is 5.98. The van der Waals surface area contributed by atoms with Gasteiger partial charge in [-0.2, -0.15) is 10.2 Å². The van der Waals surface area contributed by atoms with Crippen LogP contribution in [-0.2, 0) is 4.79 Å². The number of aromatic amines is 1. The van der Waals surface area contributed by atoms with Crippen molar-refractivity contribution in [2.24, 2.45) is 5.92 Å². The summed E-state index contributed by atoms with van der Waals surface area (Å²) in [5.74, 6) is -0.980. The fourth-order valence-electron chi connectivity index (χ4n) is 4.83. The molecule has 0 aliphatic carbocycles. The first kappa shape index (κ1) is 21.7. The lowest BCUT2D eigenvalue weighted by atomic mass is 9.78. The highest BCUT2D eigenvalue weighted by Gasteiger charge is 2.42. The number of fused-ring (bicyclic) bond motifs is 1. The van der Waals surface area contributed by atoms with Gasteiger partial charge >= 0.3 is 0 Å². The molecule has 1 fully saturated rings. The van der Waals surface area contributed by atoms with Crippen LogP contribution < -0.4 is 25.2 Å². The molecule has 2 aromatic rings. The number of piperidine rings is 1. The third-order valence-electron chi connectivity index (χ3n) is 6.39. The quantitative estimate of drug-likeness (QED) is 0.738. The number of H-pyrrole nitrogens is 1. The summed E-state index contributed by atoms with van der Waals surface area (Å²) in [5, 5.41) is 12.5. The van der Waals surface area contributed by atoms with Gasteiger partial charge in [0.25, 0.3) is 5.56 Å². The van der Waals surface area contributed by atoms with E-state index < -0.39 is 17.7 Å². The molecule has 9 nitrogen and oxygen atoms in total. The predicted octanol–water partition coefficient (Wildman–Crippen LogP) is 2.78. The highest BCUT2D eigenvalue weighted by atomic mass is 16.5. The maximum Gasteiger partial charge on any atom is 0.258 e. The molecule has 1 aromatic heterocycles. The maximum atomic E-state index is 13.4. The third kappa shape index (κ3) is 3.55. The van der Waals surface area contributed by atoms with Crippen LogP contribution in [0.25, 0.3) is 0 Å². The Bertz CT molecular complexity index is 1120. The van der Waals surface area contributed by atoms with E-state index in [4.69, 9.17) is 9.47 Å². The lowest BCUT2D eigenvalue weighted by Gasteiger charge is -2.36. The largest absolute Gasteiger partial charge is 0.493 e. The lowest BCUT2D eigenvalue weighted by Crippen LogP contribution is -2.43. The number of nitrogens with one attached hydrogen (secondary N) is 2. The number of rotatable bonds is 5. The Labute approximate surface area is 186 Å². The van der Waals surface area contributed by atoms with E-state index in [1.54, 1.807) is 18.2 Å². The van der Waals surface area contributed by atoms with E-state index in [0.29, 0.717) is 23.0 Å². The van der Waals surface area contributed by atoms with Crippen LogP contribution in [0.1, 0.15) is 49.7 Å². The number of carbonyl (C=O) groups is 1. The van der Waals surface area contributed by atoms with Crippen LogP contribution in [0.15, 0.2) is 23.0 Å². The number of aromatic nitrogens is 2. The molecule has 4 rings (SSSR count). The van der Waals surface area contributed by atoms with Crippen molar-refractivity contribution in [2.75, 3.05) is 31.0 Å². The highest BCUT2D eigenvalue weighted by Crippen LogP contribution is 2.44. The summed E-state index contributed by atoms with van der Waals surface area (Å²) in [6, 6.07) is 7.54. The number of para-hydroxylation sites is 1. The number of benzene rings is 1. The summed E-state index contributed by atoms with van der Waals surface area (Å²) in [6.07, 6.45) is 4.13. The lowest BCUT2D eigenvalue weighted by molar-refractivity contribution is -0.119. The van der Waals surface area contributed by atoms with Crippen LogP contribution in [0.5, 0.6) is 11.5 Å². The summed E-state index contributed by atoms with van der Waals surface area (Å²) in [4.78, 5) is 35.9. The summed E-state index contributed by atoms with van der Waals surface area (Å²) in [6.45, 7) is 2.91. The summed E-state index contributed by atoms with van der Waals surface area (Å²) < 4.78 is 10.9. The van der Waals surface area contributed by atoms with Gasteiger partial charge in [-0.1, -0.05) is 19.1 Å². The topological polar surface area (TPSA) is 120 Å². The first-order valence-electron chi connectivity index (χ1n) is 10.9. The van der Waals surface area contributed by atoms with E-state index in [9.17, 15) is 14.9 Å². The molecule has 3 heterocycles. The minimum absolute atomic E-state index is 0.190. The molecule has 168 valence electrons. The average Bonchev–Trinajstić information content (AvgIpc) is 2.82. The zero-order valence-electron chi connectivity index (χ0n) is 18.5. The Morgan fingerprint density at radius 1 is 1.25 bits per heavy atom. The van der Waals surface area contributed by atoms with Gasteiger partial charge in [-0.05, 0) is 31.7 Å². The molecule has 3 unspecified atom stereocenters. The number of nitriles is 1. The van der Waals surface area contributed by atoms with E-state index in [2.05, 4.69) is 33.2 Å².